The van der Waals surface area contributed by atoms with E-state index in [2.05, 4.69) is 43.4 Å². The summed E-state index contributed by atoms with van der Waals surface area (Å²) in [5, 5.41) is 1.29. The number of nitrogens with zero attached hydrogens (tertiary/aromatic N) is 2. The zero-order valence-corrected chi connectivity index (χ0v) is 11.9. The van der Waals surface area contributed by atoms with Crippen LogP contribution in [0.1, 0.15) is 29.7 Å². The zero-order chi connectivity index (χ0) is 12.4. The number of hydrogen-bond acceptors (Lipinski definition) is 4. The van der Waals surface area contributed by atoms with E-state index in [9.17, 15) is 0 Å². The van der Waals surface area contributed by atoms with Gasteiger partial charge in [0.15, 0.2) is 0 Å². The minimum Gasteiger partial charge on any atom is -0.264 e. The largest absolute Gasteiger partial charge is 0.264 e. The topological polar surface area (TPSA) is 25.8 Å². The van der Waals surface area contributed by atoms with Gasteiger partial charge in [-0.25, -0.2) is 4.98 Å². The molecule has 0 amide bonds. The Bertz CT molecular complexity index is 491. The van der Waals surface area contributed by atoms with Crippen LogP contribution in [0.5, 0.6) is 0 Å². The molecule has 0 bridgehead atoms. The van der Waals surface area contributed by atoms with E-state index in [1.54, 1.807) is 17.5 Å². The molecular formula is C13H16N2S2. The number of thiazole rings is 1. The average molecular weight is 264 g/mol. The van der Waals surface area contributed by atoms with E-state index in [1.165, 1.54) is 4.88 Å². The second kappa shape index (κ2) is 5.19. The first-order chi connectivity index (χ1) is 8.09. The fourth-order valence-electron chi connectivity index (χ4n) is 1.60. The Morgan fingerprint density at radius 3 is 2.71 bits per heavy atom. The molecule has 0 aliphatic rings. The summed E-state index contributed by atoms with van der Waals surface area (Å²) in [4.78, 5) is 10.0. The lowest BCUT2D eigenvalue weighted by Gasteiger charge is -2.12. The fourth-order valence-corrected chi connectivity index (χ4v) is 3.16. The van der Waals surface area contributed by atoms with E-state index in [4.69, 9.17) is 0 Å². The first-order valence-electron chi connectivity index (χ1n) is 5.65. The Kier molecular flexibility index (Phi) is 3.84. The van der Waals surface area contributed by atoms with Gasteiger partial charge in [0.2, 0.25) is 0 Å². The molecule has 0 fully saturated rings. The van der Waals surface area contributed by atoms with Crippen molar-refractivity contribution in [2.45, 2.75) is 26.0 Å². The predicted molar refractivity (Wildman–Crippen MR) is 76.6 cm³/mol. The van der Waals surface area contributed by atoms with Crippen molar-refractivity contribution in [2.24, 2.45) is 5.92 Å². The minimum atomic E-state index is 0.262. The van der Waals surface area contributed by atoms with Gasteiger partial charge in [0.1, 0.15) is 5.01 Å². The third kappa shape index (κ3) is 2.69. The number of aromatic nitrogens is 2. The van der Waals surface area contributed by atoms with Crippen molar-refractivity contribution in [1.29, 1.82) is 0 Å². The van der Waals surface area contributed by atoms with Crippen LogP contribution in [0.4, 0.5) is 0 Å². The van der Waals surface area contributed by atoms with Crippen molar-refractivity contribution in [3.8, 4) is 10.6 Å². The number of aryl methyl sites for hydroxylation is 1. The highest BCUT2D eigenvalue weighted by Crippen LogP contribution is 2.37. The van der Waals surface area contributed by atoms with Crippen molar-refractivity contribution in [1.82, 2.24) is 9.97 Å². The first-order valence-corrected chi connectivity index (χ1v) is 6.98. The van der Waals surface area contributed by atoms with Crippen LogP contribution in [0.25, 0.3) is 10.6 Å². The molecular weight excluding hydrogens is 248 g/mol. The predicted octanol–water partition coefficient (Wildman–Crippen LogP) is 4.14. The van der Waals surface area contributed by atoms with Gasteiger partial charge in [-0.2, -0.15) is 12.6 Å². The number of hydrogen-bond donors (Lipinski definition) is 1. The summed E-state index contributed by atoms with van der Waals surface area (Å²) in [6.07, 6.45) is 3.63. The molecule has 0 aromatic carbocycles. The van der Waals surface area contributed by atoms with E-state index in [0.29, 0.717) is 5.92 Å². The molecule has 1 unspecified atom stereocenters. The number of rotatable bonds is 3. The summed E-state index contributed by atoms with van der Waals surface area (Å²) in [6, 6.07) is 3.98. The average Bonchev–Trinajstić information content (AvgIpc) is 2.71. The van der Waals surface area contributed by atoms with E-state index < -0.39 is 0 Å². The third-order valence-corrected chi connectivity index (χ3v) is 4.96. The molecule has 0 saturated heterocycles. The maximum absolute atomic E-state index is 4.66. The van der Waals surface area contributed by atoms with Crippen LogP contribution in [-0.2, 0) is 0 Å². The van der Waals surface area contributed by atoms with Gasteiger partial charge in [-0.1, -0.05) is 13.8 Å². The van der Waals surface area contributed by atoms with Gasteiger partial charge in [-0.3, -0.25) is 4.98 Å². The van der Waals surface area contributed by atoms with E-state index >= 15 is 0 Å². The van der Waals surface area contributed by atoms with Crippen LogP contribution in [0.15, 0.2) is 24.5 Å². The molecule has 17 heavy (non-hydrogen) atoms. The van der Waals surface area contributed by atoms with Crippen molar-refractivity contribution in [3.63, 3.8) is 0 Å². The van der Waals surface area contributed by atoms with Crippen LogP contribution in [-0.4, -0.2) is 9.97 Å². The van der Waals surface area contributed by atoms with Gasteiger partial charge < -0.3 is 0 Å². The summed E-state index contributed by atoms with van der Waals surface area (Å²) in [6.45, 7) is 6.42. The summed E-state index contributed by atoms with van der Waals surface area (Å²) in [7, 11) is 0. The van der Waals surface area contributed by atoms with Crippen LogP contribution >= 0.6 is 24.0 Å². The zero-order valence-electron chi connectivity index (χ0n) is 10.2. The Morgan fingerprint density at radius 2 is 2.12 bits per heavy atom. The normalized spacial score (nSPS) is 13.0. The van der Waals surface area contributed by atoms with Crippen LogP contribution < -0.4 is 0 Å². The molecule has 0 radical (unpaired) electrons. The molecule has 2 aromatic heterocycles. The highest BCUT2D eigenvalue weighted by molar-refractivity contribution is 7.80. The molecule has 1 atom stereocenters. The maximum atomic E-state index is 4.66. The Morgan fingerprint density at radius 1 is 1.35 bits per heavy atom. The van der Waals surface area contributed by atoms with Crippen LogP contribution in [0.3, 0.4) is 0 Å². The highest BCUT2D eigenvalue weighted by atomic mass is 32.1. The van der Waals surface area contributed by atoms with Gasteiger partial charge in [0, 0.05) is 28.1 Å². The molecule has 2 rings (SSSR count). The Hall–Kier alpha value is -0.870. The Labute approximate surface area is 112 Å². The van der Waals surface area contributed by atoms with E-state index in [1.807, 2.05) is 18.3 Å². The molecule has 2 aromatic rings. The molecule has 90 valence electrons. The maximum Gasteiger partial charge on any atom is 0.125 e. The monoisotopic (exact) mass is 264 g/mol. The molecule has 0 aliphatic carbocycles. The second-order valence-corrected chi connectivity index (χ2v) is 5.99. The van der Waals surface area contributed by atoms with Crippen molar-refractivity contribution < 1.29 is 0 Å². The highest BCUT2D eigenvalue weighted by Gasteiger charge is 2.18. The van der Waals surface area contributed by atoms with Gasteiger partial charge >= 0.3 is 0 Å². The molecule has 2 heterocycles. The van der Waals surface area contributed by atoms with Gasteiger partial charge in [0.25, 0.3) is 0 Å². The first kappa shape index (κ1) is 12.6. The van der Waals surface area contributed by atoms with Crippen molar-refractivity contribution >= 4 is 24.0 Å². The van der Waals surface area contributed by atoms with Crippen molar-refractivity contribution in [3.05, 3.63) is 35.1 Å². The van der Waals surface area contributed by atoms with Crippen molar-refractivity contribution in [2.75, 3.05) is 0 Å². The lowest BCUT2D eigenvalue weighted by Crippen LogP contribution is -1.98. The summed E-state index contributed by atoms with van der Waals surface area (Å²) < 4.78 is 0. The molecule has 4 heteroatoms. The van der Waals surface area contributed by atoms with E-state index in [-0.39, 0.29) is 5.25 Å². The van der Waals surface area contributed by atoms with Gasteiger partial charge in [-0.15, -0.1) is 11.3 Å². The standard InChI is InChI=1S/C13H16N2S2/c1-8(2)11(16)12-9(3)15-13(17-12)10-5-4-6-14-7-10/h4-8,11,16H,1-3H3. The minimum absolute atomic E-state index is 0.262. The molecule has 2 nitrogen and oxygen atoms in total. The van der Waals surface area contributed by atoms with Gasteiger partial charge in [0.05, 0.1) is 5.69 Å². The summed E-state index contributed by atoms with van der Waals surface area (Å²) in [5.74, 6) is 0.513. The molecule has 0 aliphatic heterocycles. The van der Waals surface area contributed by atoms with E-state index in [0.717, 1.165) is 16.3 Å². The lowest BCUT2D eigenvalue weighted by atomic mass is 10.1. The summed E-state index contributed by atoms with van der Waals surface area (Å²) in [5.41, 5.74) is 2.17. The quantitative estimate of drug-likeness (QED) is 0.843. The molecule has 0 saturated carbocycles. The third-order valence-electron chi connectivity index (χ3n) is 2.64. The molecule has 0 N–H and O–H groups in total. The molecule has 0 spiro atoms. The SMILES string of the molecule is Cc1nc(-c2cccnc2)sc1C(S)C(C)C. The van der Waals surface area contributed by atoms with Crippen LogP contribution in [0.2, 0.25) is 0 Å². The Balaban J connectivity index is 2.37. The van der Waals surface area contributed by atoms with Crippen LogP contribution in [0, 0.1) is 12.8 Å². The fraction of sp³-hybridized carbons (Fsp3) is 0.385. The second-order valence-electron chi connectivity index (χ2n) is 4.40. The smallest absolute Gasteiger partial charge is 0.125 e. The lowest BCUT2D eigenvalue weighted by molar-refractivity contribution is 0.639. The number of thiol groups is 1. The van der Waals surface area contributed by atoms with Gasteiger partial charge in [-0.05, 0) is 25.0 Å². The number of pyridine rings is 1. The summed E-state index contributed by atoms with van der Waals surface area (Å²) >= 11 is 6.39.